The normalized spacial score (nSPS) is 19.5. The van der Waals surface area contributed by atoms with E-state index in [-0.39, 0.29) is 0 Å². The summed E-state index contributed by atoms with van der Waals surface area (Å²) in [6.07, 6.45) is 6.64. The van der Waals surface area contributed by atoms with Crippen molar-refractivity contribution in [1.82, 2.24) is 15.3 Å². The van der Waals surface area contributed by atoms with E-state index < -0.39 is 0 Å². The number of halogens is 1. The van der Waals surface area contributed by atoms with Gasteiger partial charge < -0.3 is 5.32 Å². The van der Waals surface area contributed by atoms with Crippen LogP contribution in [0.1, 0.15) is 25.1 Å². The molecule has 3 nitrogen and oxygen atoms in total. The van der Waals surface area contributed by atoms with Crippen molar-refractivity contribution in [2.45, 2.75) is 31.7 Å². The molecule has 1 unspecified atom stereocenters. The Kier molecular flexibility index (Phi) is 4.25. The van der Waals surface area contributed by atoms with Gasteiger partial charge in [0.15, 0.2) is 0 Å². The summed E-state index contributed by atoms with van der Waals surface area (Å²) < 4.78 is 1.14. The van der Waals surface area contributed by atoms with Gasteiger partial charge in [0.05, 0.1) is 14.4 Å². The zero-order chi connectivity index (χ0) is 13.1. The van der Waals surface area contributed by atoms with E-state index in [1.165, 1.54) is 24.1 Å². The maximum absolute atomic E-state index is 4.69. The second-order valence-electron chi connectivity index (χ2n) is 4.81. The minimum atomic E-state index is 0.541. The number of hydrogen-bond donors (Lipinski definition) is 1. The Morgan fingerprint density at radius 2 is 2.26 bits per heavy atom. The first kappa shape index (κ1) is 13.2. The first-order valence-corrected chi connectivity index (χ1v) is 8.23. The van der Waals surface area contributed by atoms with Crippen molar-refractivity contribution in [3.05, 3.63) is 34.0 Å². The van der Waals surface area contributed by atoms with Gasteiger partial charge in [0.25, 0.3) is 0 Å². The molecule has 1 aliphatic heterocycles. The van der Waals surface area contributed by atoms with Gasteiger partial charge in [-0.1, -0.05) is 6.42 Å². The Bertz CT molecular complexity index is 549. The second kappa shape index (κ2) is 6.11. The lowest BCUT2D eigenvalue weighted by Crippen LogP contribution is -2.36. The van der Waals surface area contributed by atoms with E-state index in [1.54, 1.807) is 11.3 Å². The summed E-state index contributed by atoms with van der Waals surface area (Å²) in [7, 11) is 0. The molecular weight excluding hydrogens is 322 g/mol. The van der Waals surface area contributed by atoms with Gasteiger partial charge in [-0.15, -0.1) is 11.3 Å². The van der Waals surface area contributed by atoms with Gasteiger partial charge in [-0.3, -0.25) is 0 Å². The molecule has 1 N–H and O–H groups in total. The van der Waals surface area contributed by atoms with Crippen LogP contribution in [0, 0.1) is 0 Å². The molecule has 0 radical (unpaired) electrons. The van der Waals surface area contributed by atoms with Gasteiger partial charge in [0.2, 0.25) is 0 Å². The Balaban J connectivity index is 1.75. The van der Waals surface area contributed by atoms with Crippen LogP contribution >= 0.6 is 27.3 Å². The Morgan fingerprint density at radius 3 is 3.00 bits per heavy atom. The van der Waals surface area contributed by atoms with Gasteiger partial charge in [-0.2, -0.15) is 0 Å². The van der Waals surface area contributed by atoms with E-state index in [0.29, 0.717) is 6.04 Å². The van der Waals surface area contributed by atoms with E-state index in [1.807, 2.05) is 12.3 Å². The predicted octanol–water partition coefficient (Wildman–Crippen LogP) is 3.65. The number of rotatable bonds is 3. The van der Waals surface area contributed by atoms with E-state index >= 15 is 0 Å². The molecule has 1 aliphatic rings. The summed E-state index contributed by atoms with van der Waals surface area (Å²) in [5, 5.41) is 3.55. The highest BCUT2D eigenvalue weighted by atomic mass is 79.9. The molecule has 0 saturated carbocycles. The van der Waals surface area contributed by atoms with Gasteiger partial charge in [-0.05, 0) is 53.5 Å². The Labute approximate surface area is 125 Å². The number of hydrogen-bond acceptors (Lipinski definition) is 4. The molecule has 19 heavy (non-hydrogen) atoms. The van der Waals surface area contributed by atoms with Crippen LogP contribution in [0.5, 0.6) is 0 Å². The summed E-state index contributed by atoms with van der Waals surface area (Å²) in [6.45, 7) is 1.13. The van der Waals surface area contributed by atoms with Crippen molar-refractivity contribution in [3.63, 3.8) is 0 Å². The number of piperidine rings is 1. The first-order valence-electron chi connectivity index (χ1n) is 6.62. The van der Waals surface area contributed by atoms with Gasteiger partial charge in [0, 0.05) is 18.7 Å². The molecule has 0 aromatic carbocycles. The third-order valence-corrected chi connectivity index (χ3v) is 5.02. The average Bonchev–Trinajstić information content (AvgIpc) is 2.87. The molecular formula is C14H16BrN3S. The standard InChI is InChI=1S/C14H16BrN3S/c15-13-5-4-12(19-13)11-6-8-17-14(18-11)9-10-3-1-2-7-16-10/h4-6,8,10,16H,1-3,7,9H2. The maximum atomic E-state index is 4.69. The van der Waals surface area contributed by atoms with Crippen LogP contribution in [0.25, 0.3) is 10.6 Å². The lowest BCUT2D eigenvalue weighted by Gasteiger charge is -2.22. The minimum Gasteiger partial charge on any atom is -0.314 e. The molecule has 3 rings (SSSR count). The fraction of sp³-hybridized carbons (Fsp3) is 0.429. The lowest BCUT2D eigenvalue weighted by molar-refractivity contribution is 0.394. The van der Waals surface area contributed by atoms with Crippen LogP contribution in [-0.2, 0) is 6.42 Å². The summed E-state index contributed by atoms with van der Waals surface area (Å²) in [5.74, 6) is 0.946. The molecule has 1 fully saturated rings. The van der Waals surface area contributed by atoms with Crippen molar-refractivity contribution < 1.29 is 0 Å². The second-order valence-corrected chi connectivity index (χ2v) is 7.28. The van der Waals surface area contributed by atoms with Crippen LogP contribution in [0.4, 0.5) is 0 Å². The van der Waals surface area contributed by atoms with Crippen LogP contribution in [0.15, 0.2) is 28.2 Å². The highest BCUT2D eigenvalue weighted by molar-refractivity contribution is 9.11. The number of thiophene rings is 1. The summed E-state index contributed by atoms with van der Waals surface area (Å²) >= 11 is 5.20. The molecule has 3 heterocycles. The van der Waals surface area contributed by atoms with Crippen LogP contribution < -0.4 is 5.32 Å². The number of aromatic nitrogens is 2. The van der Waals surface area contributed by atoms with Gasteiger partial charge in [0.1, 0.15) is 5.82 Å². The molecule has 2 aromatic heterocycles. The first-order chi connectivity index (χ1) is 9.31. The zero-order valence-corrected chi connectivity index (χ0v) is 13.0. The van der Waals surface area contributed by atoms with Gasteiger partial charge in [-0.25, -0.2) is 9.97 Å². The average molecular weight is 338 g/mol. The Morgan fingerprint density at radius 1 is 1.32 bits per heavy atom. The largest absolute Gasteiger partial charge is 0.314 e. The summed E-state index contributed by atoms with van der Waals surface area (Å²) in [5.41, 5.74) is 1.02. The van der Waals surface area contributed by atoms with Crippen molar-refractivity contribution in [1.29, 1.82) is 0 Å². The number of nitrogens with zero attached hydrogens (tertiary/aromatic N) is 2. The van der Waals surface area contributed by atoms with Crippen LogP contribution in [-0.4, -0.2) is 22.6 Å². The maximum Gasteiger partial charge on any atom is 0.130 e. The monoisotopic (exact) mass is 337 g/mol. The fourth-order valence-electron chi connectivity index (χ4n) is 2.41. The zero-order valence-electron chi connectivity index (χ0n) is 10.6. The van der Waals surface area contributed by atoms with Gasteiger partial charge >= 0.3 is 0 Å². The van der Waals surface area contributed by atoms with Crippen LogP contribution in [0.2, 0.25) is 0 Å². The number of nitrogens with one attached hydrogen (secondary N) is 1. The minimum absolute atomic E-state index is 0.541. The third kappa shape index (κ3) is 3.41. The molecule has 0 spiro atoms. The van der Waals surface area contributed by atoms with E-state index in [0.717, 1.165) is 28.3 Å². The van der Waals surface area contributed by atoms with E-state index in [4.69, 9.17) is 0 Å². The predicted molar refractivity (Wildman–Crippen MR) is 82.4 cm³/mol. The molecule has 100 valence electrons. The van der Waals surface area contributed by atoms with E-state index in [2.05, 4.69) is 43.3 Å². The fourth-order valence-corrected chi connectivity index (χ4v) is 3.76. The SMILES string of the molecule is Brc1ccc(-c2ccnc(CC3CCCCN3)n2)s1. The molecule has 1 atom stereocenters. The smallest absolute Gasteiger partial charge is 0.130 e. The van der Waals surface area contributed by atoms with Crippen LogP contribution in [0.3, 0.4) is 0 Å². The highest BCUT2D eigenvalue weighted by Crippen LogP contribution is 2.29. The molecule has 2 aromatic rings. The quantitative estimate of drug-likeness (QED) is 0.928. The molecule has 0 amide bonds. The summed E-state index contributed by atoms with van der Waals surface area (Å²) in [4.78, 5) is 10.3. The van der Waals surface area contributed by atoms with E-state index in [9.17, 15) is 0 Å². The highest BCUT2D eigenvalue weighted by Gasteiger charge is 2.15. The lowest BCUT2D eigenvalue weighted by atomic mass is 10.0. The van der Waals surface area contributed by atoms with Crippen molar-refractivity contribution in [2.75, 3.05) is 6.54 Å². The third-order valence-electron chi connectivity index (χ3n) is 3.37. The summed E-state index contributed by atoms with van der Waals surface area (Å²) in [6, 6.07) is 6.68. The molecule has 0 bridgehead atoms. The van der Waals surface area contributed by atoms with Crippen molar-refractivity contribution in [2.24, 2.45) is 0 Å². The molecule has 1 saturated heterocycles. The molecule has 0 aliphatic carbocycles. The van der Waals surface area contributed by atoms with Crippen molar-refractivity contribution >= 4 is 27.3 Å². The Hall–Kier alpha value is -0.780. The van der Waals surface area contributed by atoms with Crippen molar-refractivity contribution in [3.8, 4) is 10.6 Å². The molecule has 5 heteroatoms. The topological polar surface area (TPSA) is 37.8 Å².